The molecule has 0 radical (unpaired) electrons. The predicted molar refractivity (Wildman–Crippen MR) is 125 cm³/mol. The van der Waals surface area contributed by atoms with Crippen LogP contribution in [0, 0.1) is 0 Å². The molecule has 1 aromatic carbocycles. The van der Waals surface area contributed by atoms with Crippen molar-refractivity contribution in [3.8, 4) is 5.82 Å². The third-order valence-corrected chi connectivity index (χ3v) is 5.65. The van der Waals surface area contributed by atoms with Crippen molar-refractivity contribution in [3.63, 3.8) is 0 Å². The lowest BCUT2D eigenvalue weighted by atomic mass is 10.1. The lowest BCUT2D eigenvalue weighted by Gasteiger charge is -2.22. The number of benzene rings is 1. The van der Waals surface area contributed by atoms with Crippen molar-refractivity contribution in [2.75, 3.05) is 18.5 Å². The summed E-state index contributed by atoms with van der Waals surface area (Å²) < 4.78 is 1.88. The van der Waals surface area contributed by atoms with E-state index in [-0.39, 0.29) is 17.2 Å². The zero-order chi connectivity index (χ0) is 22.5. The molecule has 0 aliphatic heterocycles. The van der Waals surface area contributed by atoms with E-state index in [0.717, 1.165) is 12.8 Å². The van der Waals surface area contributed by atoms with Crippen molar-refractivity contribution in [3.05, 3.63) is 68.5 Å². The summed E-state index contributed by atoms with van der Waals surface area (Å²) in [4.78, 5) is 31.8. The Morgan fingerprint density at radius 2 is 2.00 bits per heavy atom. The molecule has 1 N–H and O–H groups in total. The smallest absolute Gasteiger partial charge is 0.276 e. The van der Waals surface area contributed by atoms with Gasteiger partial charge < -0.3 is 10.2 Å². The van der Waals surface area contributed by atoms with E-state index in [2.05, 4.69) is 31.3 Å². The summed E-state index contributed by atoms with van der Waals surface area (Å²) in [6, 6.07) is 8.10. The lowest BCUT2D eigenvalue weighted by Crippen LogP contribution is -2.32. The van der Waals surface area contributed by atoms with Gasteiger partial charge in [-0.1, -0.05) is 36.5 Å². The second-order valence-electron chi connectivity index (χ2n) is 6.69. The first-order valence-electron chi connectivity index (χ1n) is 9.55. The van der Waals surface area contributed by atoms with E-state index in [1.807, 2.05) is 6.92 Å². The first-order chi connectivity index (χ1) is 14.8. The topological polar surface area (TPSA) is 80.1 Å². The van der Waals surface area contributed by atoms with Crippen molar-refractivity contribution in [1.82, 2.24) is 20.1 Å². The Morgan fingerprint density at radius 1 is 1.23 bits per heavy atom. The maximum absolute atomic E-state index is 13.4. The van der Waals surface area contributed by atoms with Crippen LogP contribution in [0.1, 0.15) is 40.6 Å². The summed E-state index contributed by atoms with van der Waals surface area (Å²) in [5, 5.41) is 7.80. The molecule has 7 nitrogen and oxygen atoms in total. The number of unbranched alkanes of at least 4 members (excludes halogenated alkanes) is 1. The maximum Gasteiger partial charge on any atom is 0.276 e. The molecule has 2 amide bonds. The van der Waals surface area contributed by atoms with Crippen LogP contribution >= 0.6 is 39.1 Å². The number of nitrogens with zero attached hydrogens (tertiary/aromatic N) is 4. The van der Waals surface area contributed by atoms with Gasteiger partial charge in [0.1, 0.15) is 5.69 Å². The zero-order valence-electron chi connectivity index (χ0n) is 16.9. The van der Waals surface area contributed by atoms with E-state index in [4.69, 9.17) is 23.2 Å². The molecule has 162 valence electrons. The monoisotopic (exact) mass is 523 g/mol. The lowest BCUT2D eigenvalue weighted by molar-refractivity contribution is 0.0953. The average molecular weight is 525 g/mol. The number of carbonyl (C=O) groups is 2. The molecule has 0 bridgehead atoms. The number of amides is 2. The van der Waals surface area contributed by atoms with Crippen LogP contribution in [0.2, 0.25) is 10.0 Å². The summed E-state index contributed by atoms with van der Waals surface area (Å²) >= 11 is 15.9. The third-order valence-electron chi connectivity index (χ3n) is 4.53. The van der Waals surface area contributed by atoms with Crippen LogP contribution in [0.5, 0.6) is 0 Å². The van der Waals surface area contributed by atoms with E-state index in [9.17, 15) is 9.59 Å². The molecule has 3 aromatic rings. The molecule has 0 unspecified atom stereocenters. The van der Waals surface area contributed by atoms with Gasteiger partial charge in [0.05, 0.1) is 22.5 Å². The van der Waals surface area contributed by atoms with Gasteiger partial charge in [-0.3, -0.25) is 9.59 Å². The van der Waals surface area contributed by atoms with Gasteiger partial charge in [0.25, 0.3) is 11.8 Å². The summed E-state index contributed by atoms with van der Waals surface area (Å²) in [6.07, 6.45) is 4.85. The van der Waals surface area contributed by atoms with E-state index in [1.54, 1.807) is 43.6 Å². The van der Waals surface area contributed by atoms with Gasteiger partial charge in [0, 0.05) is 29.3 Å². The molecule has 2 heterocycles. The molecule has 0 spiro atoms. The fourth-order valence-corrected chi connectivity index (χ4v) is 4.27. The quantitative estimate of drug-likeness (QED) is 0.434. The van der Waals surface area contributed by atoms with E-state index >= 15 is 0 Å². The van der Waals surface area contributed by atoms with Crippen LogP contribution in [-0.2, 0) is 0 Å². The number of rotatable bonds is 7. The molecule has 0 aliphatic carbocycles. The highest BCUT2D eigenvalue weighted by Gasteiger charge is 2.26. The minimum atomic E-state index is -0.398. The van der Waals surface area contributed by atoms with Gasteiger partial charge in [-0.05, 0) is 52.7 Å². The Kier molecular flexibility index (Phi) is 7.69. The summed E-state index contributed by atoms with van der Waals surface area (Å²) in [5.74, 6) is -0.379. The number of anilines is 1. The first-order valence-corrected chi connectivity index (χ1v) is 11.1. The Bertz CT molecular complexity index is 1120. The van der Waals surface area contributed by atoms with Gasteiger partial charge in [-0.25, -0.2) is 9.67 Å². The van der Waals surface area contributed by atoms with Gasteiger partial charge in [0.15, 0.2) is 5.82 Å². The minimum Gasteiger partial charge on any atom is -0.352 e. The van der Waals surface area contributed by atoms with E-state index in [0.29, 0.717) is 32.6 Å². The number of hydrogen-bond acceptors (Lipinski definition) is 4. The van der Waals surface area contributed by atoms with Crippen molar-refractivity contribution in [1.29, 1.82) is 0 Å². The normalized spacial score (nSPS) is 10.7. The summed E-state index contributed by atoms with van der Waals surface area (Å²) in [6.45, 7) is 2.57. The molecule has 0 atom stereocenters. The molecule has 0 aliphatic rings. The Balaban J connectivity index is 2.00. The fourth-order valence-electron chi connectivity index (χ4n) is 2.99. The number of nitrogens with one attached hydrogen (secondary N) is 1. The fraction of sp³-hybridized carbons (Fsp3) is 0.238. The predicted octanol–water partition coefficient (Wildman–Crippen LogP) is 5.14. The molecule has 0 fully saturated rings. The van der Waals surface area contributed by atoms with Crippen LogP contribution in [-0.4, -0.2) is 40.2 Å². The Hall–Kier alpha value is -2.42. The van der Waals surface area contributed by atoms with Crippen LogP contribution < -0.4 is 10.2 Å². The van der Waals surface area contributed by atoms with Crippen LogP contribution in [0.3, 0.4) is 0 Å². The molecule has 0 saturated heterocycles. The average Bonchev–Trinajstić information content (AvgIpc) is 3.22. The molecule has 2 aromatic heterocycles. The van der Waals surface area contributed by atoms with E-state index in [1.165, 1.54) is 15.8 Å². The first kappa shape index (κ1) is 23.2. The highest BCUT2D eigenvalue weighted by atomic mass is 79.9. The molecule has 10 heteroatoms. The van der Waals surface area contributed by atoms with Gasteiger partial charge in [-0.15, -0.1) is 0 Å². The minimum absolute atomic E-state index is 0.238. The number of hydrogen-bond donors (Lipinski definition) is 1. The third kappa shape index (κ3) is 5.08. The Morgan fingerprint density at radius 3 is 2.71 bits per heavy atom. The highest BCUT2D eigenvalue weighted by Crippen LogP contribution is 2.34. The zero-order valence-corrected chi connectivity index (χ0v) is 20.0. The van der Waals surface area contributed by atoms with Gasteiger partial charge >= 0.3 is 0 Å². The second kappa shape index (κ2) is 10.3. The SMILES string of the molecule is CCCCNC(=O)c1cc(Cl)cc(Br)c1N(C)C(=O)c1ccnn1-c1ncccc1Cl. The standard InChI is InChI=1S/C21H20BrCl2N5O2/c1-3-4-8-26-20(30)14-11-13(23)12-15(22)18(14)28(2)21(31)17-7-10-27-29(17)19-16(24)6-5-9-25-19/h5-7,9-12H,3-4,8H2,1-2H3,(H,26,30). The molecular weight excluding hydrogens is 505 g/mol. The van der Waals surface area contributed by atoms with Crippen molar-refractivity contribution >= 4 is 56.6 Å². The number of pyridine rings is 1. The largest absolute Gasteiger partial charge is 0.352 e. The van der Waals surface area contributed by atoms with Gasteiger partial charge in [-0.2, -0.15) is 5.10 Å². The number of halogens is 3. The number of aromatic nitrogens is 3. The van der Waals surface area contributed by atoms with Crippen molar-refractivity contribution < 1.29 is 9.59 Å². The van der Waals surface area contributed by atoms with Crippen LogP contribution in [0.25, 0.3) is 5.82 Å². The van der Waals surface area contributed by atoms with Gasteiger partial charge in [0.2, 0.25) is 0 Å². The highest BCUT2D eigenvalue weighted by molar-refractivity contribution is 9.10. The maximum atomic E-state index is 13.4. The molecule has 31 heavy (non-hydrogen) atoms. The molecule has 3 rings (SSSR count). The molecular formula is C21H20BrCl2N5O2. The summed E-state index contributed by atoms with van der Waals surface area (Å²) in [7, 11) is 1.58. The van der Waals surface area contributed by atoms with Crippen molar-refractivity contribution in [2.45, 2.75) is 19.8 Å². The second-order valence-corrected chi connectivity index (χ2v) is 8.39. The van der Waals surface area contributed by atoms with Crippen LogP contribution in [0.4, 0.5) is 5.69 Å². The van der Waals surface area contributed by atoms with E-state index < -0.39 is 5.91 Å². The van der Waals surface area contributed by atoms with Crippen molar-refractivity contribution in [2.24, 2.45) is 0 Å². The van der Waals surface area contributed by atoms with Crippen LogP contribution in [0.15, 0.2) is 47.2 Å². The summed E-state index contributed by atoms with van der Waals surface area (Å²) in [5.41, 5.74) is 0.916. The Labute approximate surface area is 198 Å². The molecule has 0 saturated carbocycles. The number of carbonyl (C=O) groups excluding carboxylic acids is 2.